The van der Waals surface area contributed by atoms with Crippen molar-refractivity contribution in [3.05, 3.63) is 0 Å². The van der Waals surface area contributed by atoms with Crippen LogP contribution in [0.25, 0.3) is 0 Å². The van der Waals surface area contributed by atoms with E-state index in [9.17, 15) is 34.2 Å². The Bertz CT molecular complexity index is 1180. The van der Waals surface area contributed by atoms with Crippen LogP contribution < -0.4 is 0 Å². The highest BCUT2D eigenvalue weighted by Crippen LogP contribution is 2.45. The van der Waals surface area contributed by atoms with E-state index in [1.54, 1.807) is 27.7 Å². The zero-order chi connectivity index (χ0) is 39.5. The minimum absolute atomic E-state index is 0.0237. The maximum Gasteiger partial charge on any atom is 0.309 e. The van der Waals surface area contributed by atoms with Crippen LogP contribution in [0.2, 0.25) is 0 Å². The van der Waals surface area contributed by atoms with Crippen molar-refractivity contribution in [2.45, 2.75) is 163 Å². The molecule has 2 N–H and O–H groups in total. The zero-order valence-corrected chi connectivity index (χ0v) is 33.3. The Morgan fingerprint density at radius 2 is 1.42 bits per heavy atom. The predicted molar refractivity (Wildman–Crippen MR) is 190 cm³/mol. The predicted octanol–water partition coefficient (Wildman–Crippen LogP) is 4.94. The molecule has 0 saturated carbocycles. The van der Waals surface area contributed by atoms with Crippen molar-refractivity contribution in [3.63, 3.8) is 0 Å². The molecule has 13 atom stereocenters. The lowest BCUT2D eigenvalue weighted by atomic mass is 9.78. The van der Waals surface area contributed by atoms with Crippen LogP contribution in [0, 0.1) is 41.4 Å². The van der Waals surface area contributed by atoms with Crippen LogP contribution in [0.3, 0.4) is 0 Å². The third-order valence-electron chi connectivity index (χ3n) is 10.4. The summed E-state index contributed by atoms with van der Waals surface area (Å²) in [7, 11) is 1.30. The Hall–Kier alpha value is -2.61. The Kier molecular flexibility index (Phi) is 18.2. The highest BCUT2D eigenvalue weighted by molar-refractivity contribution is 5.80. The number of ether oxygens (including phenoxy) is 6. The first-order valence-electron chi connectivity index (χ1n) is 19.1. The Balaban J connectivity index is 2.45. The third-order valence-corrected chi connectivity index (χ3v) is 10.4. The van der Waals surface area contributed by atoms with Gasteiger partial charge in [-0.3, -0.25) is 24.0 Å². The molecule has 0 aromatic carbocycles. The maximum atomic E-state index is 13.4. The summed E-state index contributed by atoms with van der Waals surface area (Å²) >= 11 is 0. The van der Waals surface area contributed by atoms with Crippen LogP contribution in [0.4, 0.5) is 0 Å². The van der Waals surface area contributed by atoms with Crippen LogP contribution in [0.5, 0.6) is 0 Å². The maximum absolute atomic E-state index is 13.4. The second-order valence-corrected chi connectivity index (χ2v) is 16.0. The van der Waals surface area contributed by atoms with E-state index in [1.165, 1.54) is 21.0 Å². The van der Waals surface area contributed by atoms with Crippen molar-refractivity contribution in [2.24, 2.45) is 41.4 Å². The molecule has 2 aliphatic heterocycles. The van der Waals surface area contributed by atoms with Gasteiger partial charge in [-0.25, -0.2) is 0 Å². The summed E-state index contributed by atoms with van der Waals surface area (Å²) in [5.74, 6) is -6.07. The summed E-state index contributed by atoms with van der Waals surface area (Å²) in [6.45, 7) is 17.4. The molecule has 0 radical (unpaired) electrons. The molecule has 2 heterocycles. The normalized spacial score (nSPS) is 28.0. The van der Waals surface area contributed by atoms with Gasteiger partial charge in [0, 0.05) is 32.1 Å². The van der Waals surface area contributed by atoms with Gasteiger partial charge in [-0.2, -0.15) is 0 Å². The quantitative estimate of drug-likeness (QED) is 0.134. The van der Waals surface area contributed by atoms with Crippen molar-refractivity contribution in [2.75, 3.05) is 13.7 Å². The van der Waals surface area contributed by atoms with Crippen molar-refractivity contribution in [1.29, 1.82) is 0 Å². The van der Waals surface area contributed by atoms with Crippen molar-refractivity contribution >= 4 is 29.7 Å². The monoisotopic (exact) mass is 742 g/mol. The minimum atomic E-state index is -1.29. The molecule has 1 spiro atoms. The highest BCUT2D eigenvalue weighted by Gasteiger charge is 2.51. The number of aliphatic hydroxyl groups excluding tert-OH is 2. The summed E-state index contributed by atoms with van der Waals surface area (Å²) in [4.78, 5) is 63.4. The lowest BCUT2D eigenvalue weighted by Gasteiger charge is -2.51. The summed E-state index contributed by atoms with van der Waals surface area (Å²) in [5.41, 5.74) is 0. The molecule has 300 valence electrons. The second-order valence-electron chi connectivity index (χ2n) is 16.0. The molecule has 0 aromatic rings. The third kappa shape index (κ3) is 13.4. The number of hydrogen-bond donors (Lipinski definition) is 2. The van der Waals surface area contributed by atoms with Gasteiger partial charge in [0.15, 0.2) is 11.6 Å². The molecule has 2 saturated heterocycles. The van der Waals surface area contributed by atoms with Gasteiger partial charge in [-0.05, 0) is 69.6 Å². The van der Waals surface area contributed by atoms with E-state index in [1.807, 2.05) is 27.7 Å². The fourth-order valence-electron chi connectivity index (χ4n) is 7.85. The van der Waals surface area contributed by atoms with Gasteiger partial charge in [0.2, 0.25) is 0 Å². The topological polar surface area (TPSA) is 181 Å². The second kappa shape index (κ2) is 20.7. The van der Waals surface area contributed by atoms with E-state index >= 15 is 0 Å². The number of carbonyl (C=O) groups excluding carboxylic acids is 5. The molecule has 52 heavy (non-hydrogen) atoms. The van der Waals surface area contributed by atoms with Crippen LogP contribution >= 0.6 is 0 Å². The van der Waals surface area contributed by atoms with E-state index in [0.29, 0.717) is 32.1 Å². The van der Waals surface area contributed by atoms with E-state index < -0.39 is 90.0 Å². The van der Waals surface area contributed by atoms with E-state index in [2.05, 4.69) is 0 Å². The van der Waals surface area contributed by atoms with Gasteiger partial charge in [0.25, 0.3) is 0 Å². The van der Waals surface area contributed by atoms with E-state index in [0.717, 1.165) is 0 Å². The molecule has 0 aromatic heterocycles. The number of ketones is 1. The summed E-state index contributed by atoms with van der Waals surface area (Å²) in [5, 5.41) is 22.5. The first-order valence-corrected chi connectivity index (χ1v) is 19.1. The van der Waals surface area contributed by atoms with E-state index in [4.69, 9.17) is 28.4 Å². The summed E-state index contributed by atoms with van der Waals surface area (Å²) < 4.78 is 35.1. The molecule has 2 fully saturated rings. The van der Waals surface area contributed by atoms with Crippen molar-refractivity contribution in [1.82, 2.24) is 0 Å². The first-order chi connectivity index (χ1) is 24.2. The van der Waals surface area contributed by atoms with Crippen LogP contribution in [0.15, 0.2) is 0 Å². The van der Waals surface area contributed by atoms with Crippen molar-refractivity contribution < 1.29 is 62.6 Å². The first kappa shape index (κ1) is 45.5. The van der Waals surface area contributed by atoms with Crippen LogP contribution in [-0.4, -0.2) is 96.0 Å². The fourth-order valence-corrected chi connectivity index (χ4v) is 7.85. The van der Waals surface area contributed by atoms with Gasteiger partial charge in [0.1, 0.15) is 18.3 Å². The molecule has 13 unspecified atom stereocenters. The molecule has 13 nitrogen and oxygen atoms in total. The number of hydrogen-bond acceptors (Lipinski definition) is 13. The Labute approximate surface area is 310 Å². The van der Waals surface area contributed by atoms with Gasteiger partial charge in [-0.15, -0.1) is 0 Å². The van der Waals surface area contributed by atoms with Gasteiger partial charge < -0.3 is 38.6 Å². The van der Waals surface area contributed by atoms with E-state index in [-0.39, 0.29) is 49.4 Å². The van der Waals surface area contributed by atoms with Gasteiger partial charge in [-0.1, -0.05) is 48.5 Å². The number of carbonyl (C=O) groups is 5. The largest absolute Gasteiger partial charge is 0.469 e. The lowest BCUT2D eigenvalue weighted by Crippen LogP contribution is -2.57. The fraction of sp³-hybridized carbons (Fsp3) is 0.872. The minimum Gasteiger partial charge on any atom is -0.469 e. The van der Waals surface area contributed by atoms with Crippen molar-refractivity contribution in [3.8, 4) is 0 Å². The standard InChI is InChI=1S/C39H66O13/c1-12-48-38(46)29(14-13-24(6)37(45)47-11)26(8)36(49-28(10)41)32(50-33(42)15-21(2)3)18-25(7)34(43)30-16-22(4)19-39(51-30)20-23(5)17-31(52-39)35(44)27(9)40/h21-26,29-32,34-36,43-44H,12-20H2,1-11H3. The Morgan fingerprint density at radius 3 is 1.94 bits per heavy atom. The van der Waals surface area contributed by atoms with Gasteiger partial charge in [0.05, 0.1) is 43.9 Å². The van der Waals surface area contributed by atoms with Crippen LogP contribution in [0.1, 0.15) is 121 Å². The SMILES string of the molecule is CCOC(=O)C(CCC(C)C(=O)OC)C(C)C(OC(C)=O)C(CC(C)C(O)C1CC(C)CC2(CC(C)CC(C(O)C(C)=O)O2)O1)OC(=O)CC(C)C. The number of methoxy groups -OCH3 is 1. The molecular formula is C39H66O13. The Morgan fingerprint density at radius 1 is 0.846 bits per heavy atom. The molecule has 0 amide bonds. The number of esters is 4. The lowest BCUT2D eigenvalue weighted by molar-refractivity contribution is -0.346. The zero-order valence-electron chi connectivity index (χ0n) is 33.3. The average molecular weight is 743 g/mol. The molecular weight excluding hydrogens is 676 g/mol. The molecule has 0 aliphatic carbocycles. The summed E-state index contributed by atoms with van der Waals surface area (Å²) in [6.07, 6.45) is -3.20. The highest BCUT2D eigenvalue weighted by atomic mass is 16.7. The van der Waals surface area contributed by atoms with Gasteiger partial charge >= 0.3 is 23.9 Å². The number of Topliss-reactive ketones (excluding diaryl/α,β-unsaturated/α-hetero) is 1. The summed E-state index contributed by atoms with van der Waals surface area (Å²) in [6, 6.07) is 0. The molecule has 2 rings (SSSR count). The smallest absolute Gasteiger partial charge is 0.309 e. The molecule has 0 bridgehead atoms. The number of aliphatic hydroxyl groups is 2. The average Bonchev–Trinajstić information content (AvgIpc) is 3.04. The molecule has 13 heteroatoms. The molecule has 2 aliphatic rings. The van der Waals surface area contributed by atoms with Crippen LogP contribution in [-0.2, 0) is 52.4 Å². The number of rotatable bonds is 19.